The van der Waals surface area contributed by atoms with E-state index in [0.717, 1.165) is 36.4 Å². The lowest BCUT2D eigenvalue weighted by molar-refractivity contribution is -0.135. The van der Waals surface area contributed by atoms with Crippen LogP contribution in [0, 0.1) is 11.3 Å². The van der Waals surface area contributed by atoms with E-state index in [0.29, 0.717) is 30.5 Å². The summed E-state index contributed by atoms with van der Waals surface area (Å²) in [4.78, 5) is 41.8. The third-order valence-electron chi connectivity index (χ3n) is 7.85. The quantitative estimate of drug-likeness (QED) is 0.552. The summed E-state index contributed by atoms with van der Waals surface area (Å²) in [6.07, 6.45) is 4.17. The van der Waals surface area contributed by atoms with Gasteiger partial charge in [-0.05, 0) is 82.1 Å². The van der Waals surface area contributed by atoms with Gasteiger partial charge in [0.25, 0.3) is 5.91 Å². The highest BCUT2D eigenvalue weighted by Gasteiger charge is 2.53. The van der Waals surface area contributed by atoms with Crippen LogP contribution in [-0.2, 0) is 9.59 Å². The predicted octanol–water partition coefficient (Wildman–Crippen LogP) is 4.78. The Morgan fingerprint density at radius 1 is 1.18 bits per heavy atom. The molecule has 1 aromatic rings. The molecule has 182 valence electrons. The highest BCUT2D eigenvalue weighted by molar-refractivity contribution is 6.10. The molecule has 1 saturated carbocycles. The molecule has 0 atom stereocenters. The van der Waals surface area contributed by atoms with Gasteiger partial charge in [0.05, 0.1) is 0 Å². The zero-order valence-corrected chi connectivity index (χ0v) is 21.0. The average molecular weight is 457 g/mol. The lowest BCUT2D eigenvalue weighted by Gasteiger charge is -2.42. The van der Waals surface area contributed by atoms with E-state index in [1.165, 1.54) is 0 Å². The molecule has 0 bridgehead atoms. The molecule has 2 N–H and O–H groups in total. The summed E-state index contributed by atoms with van der Waals surface area (Å²) >= 11 is 0. The number of carbonyl (C=O) groups is 3. The number of nitrogens with zero attached hydrogens (tertiary/aromatic N) is 2. The van der Waals surface area contributed by atoms with Crippen LogP contribution in [-0.4, -0.2) is 47.4 Å². The molecule has 0 radical (unpaired) electrons. The van der Waals surface area contributed by atoms with E-state index in [1.54, 1.807) is 0 Å². The molecule has 33 heavy (non-hydrogen) atoms. The Balaban J connectivity index is 1.60. The van der Waals surface area contributed by atoms with Crippen LogP contribution < -0.4 is 15.5 Å². The second kappa shape index (κ2) is 9.74. The van der Waals surface area contributed by atoms with Gasteiger partial charge in [0.15, 0.2) is 0 Å². The first-order valence-corrected chi connectivity index (χ1v) is 12.3. The summed E-state index contributed by atoms with van der Waals surface area (Å²) in [5, 5.41) is 5.74. The number of urea groups is 1. The van der Waals surface area contributed by atoms with Gasteiger partial charge in [-0.2, -0.15) is 0 Å². The molecule has 1 saturated heterocycles. The highest BCUT2D eigenvalue weighted by atomic mass is 16.2. The Morgan fingerprint density at radius 3 is 2.30 bits per heavy atom. The van der Waals surface area contributed by atoms with Crippen LogP contribution in [0.25, 0.3) is 0 Å². The van der Waals surface area contributed by atoms with E-state index in [2.05, 4.69) is 57.1 Å². The fraction of sp³-hybridized carbons (Fsp3) is 0.654. The molecule has 3 rings (SSSR count). The first kappa shape index (κ1) is 25.1. The maximum Gasteiger partial charge on any atom is 0.325 e. The molecular formula is C26H40N4O3. The molecule has 0 unspecified atom stereocenters. The Kier molecular flexibility index (Phi) is 7.39. The first-order chi connectivity index (χ1) is 15.5. The van der Waals surface area contributed by atoms with E-state index >= 15 is 0 Å². The summed E-state index contributed by atoms with van der Waals surface area (Å²) in [5.41, 5.74) is 1.11. The average Bonchev–Trinajstić information content (AvgIpc) is 2.99. The Morgan fingerprint density at radius 2 is 1.79 bits per heavy atom. The molecule has 7 heteroatoms. The van der Waals surface area contributed by atoms with Crippen LogP contribution in [0.3, 0.4) is 0 Å². The van der Waals surface area contributed by atoms with Gasteiger partial charge in [0, 0.05) is 24.0 Å². The second-order valence-corrected chi connectivity index (χ2v) is 10.5. The van der Waals surface area contributed by atoms with Crippen LogP contribution in [0.15, 0.2) is 24.3 Å². The maximum atomic E-state index is 13.2. The molecule has 0 aromatic heterocycles. The van der Waals surface area contributed by atoms with Crippen molar-refractivity contribution in [2.24, 2.45) is 11.3 Å². The molecule has 1 aliphatic heterocycles. The monoisotopic (exact) mass is 456 g/mol. The van der Waals surface area contributed by atoms with Crippen LogP contribution >= 0.6 is 0 Å². The van der Waals surface area contributed by atoms with Crippen molar-refractivity contribution in [2.45, 2.75) is 85.2 Å². The molecule has 7 nitrogen and oxygen atoms in total. The number of benzene rings is 1. The van der Waals surface area contributed by atoms with Crippen LogP contribution in [0.2, 0.25) is 0 Å². The SMILES string of the molecule is CCN(c1ccc(NC(=O)CN2C(=O)NC3(CCC(C(C)(C)CC)CC3)C2=O)cc1)C(C)C. The summed E-state index contributed by atoms with van der Waals surface area (Å²) < 4.78 is 0. The largest absolute Gasteiger partial charge is 0.369 e. The lowest BCUT2D eigenvalue weighted by atomic mass is 9.65. The van der Waals surface area contributed by atoms with Gasteiger partial charge in [-0.15, -0.1) is 0 Å². The number of hydrogen-bond donors (Lipinski definition) is 2. The van der Waals surface area contributed by atoms with E-state index in [1.807, 2.05) is 24.3 Å². The van der Waals surface area contributed by atoms with Gasteiger partial charge in [-0.3, -0.25) is 14.5 Å². The van der Waals surface area contributed by atoms with Gasteiger partial charge in [0.2, 0.25) is 5.91 Å². The zero-order valence-electron chi connectivity index (χ0n) is 21.0. The van der Waals surface area contributed by atoms with Crippen molar-refractivity contribution in [1.29, 1.82) is 0 Å². The Bertz CT molecular complexity index is 870. The van der Waals surface area contributed by atoms with Gasteiger partial charge in [0.1, 0.15) is 12.1 Å². The number of imide groups is 1. The Hall–Kier alpha value is -2.57. The number of carbonyl (C=O) groups excluding carboxylic acids is 3. The van der Waals surface area contributed by atoms with E-state index < -0.39 is 11.6 Å². The molecule has 1 heterocycles. The summed E-state index contributed by atoms with van der Waals surface area (Å²) in [5.74, 6) is -0.0981. The van der Waals surface area contributed by atoms with Gasteiger partial charge < -0.3 is 15.5 Å². The van der Waals surface area contributed by atoms with Crippen LogP contribution in [0.1, 0.15) is 73.6 Å². The smallest absolute Gasteiger partial charge is 0.325 e. The summed E-state index contributed by atoms with van der Waals surface area (Å²) in [6, 6.07) is 7.56. The number of hydrogen-bond acceptors (Lipinski definition) is 4. The molecule has 1 aliphatic carbocycles. The number of rotatable bonds is 8. The van der Waals surface area contributed by atoms with Crippen molar-refractivity contribution in [3.05, 3.63) is 24.3 Å². The molecule has 2 fully saturated rings. The van der Waals surface area contributed by atoms with E-state index in [4.69, 9.17) is 0 Å². The minimum absolute atomic E-state index is 0.228. The van der Waals surface area contributed by atoms with Gasteiger partial charge >= 0.3 is 6.03 Å². The third kappa shape index (κ3) is 5.17. The second-order valence-electron chi connectivity index (χ2n) is 10.5. The van der Waals surface area contributed by atoms with E-state index in [-0.39, 0.29) is 23.8 Å². The number of nitrogens with one attached hydrogen (secondary N) is 2. The summed E-state index contributed by atoms with van der Waals surface area (Å²) in [6.45, 7) is 13.8. The normalized spacial score (nSPS) is 23.2. The summed E-state index contributed by atoms with van der Waals surface area (Å²) in [7, 11) is 0. The third-order valence-corrected chi connectivity index (χ3v) is 7.85. The number of amides is 4. The van der Waals surface area contributed by atoms with Crippen molar-refractivity contribution in [3.63, 3.8) is 0 Å². The molecule has 1 aromatic carbocycles. The fourth-order valence-corrected chi connectivity index (χ4v) is 5.27. The molecular weight excluding hydrogens is 416 g/mol. The minimum atomic E-state index is -0.847. The minimum Gasteiger partial charge on any atom is -0.369 e. The van der Waals surface area contributed by atoms with Crippen molar-refractivity contribution in [1.82, 2.24) is 10.2 Å². The van der Waals surface area contributed by atoms with Crippen LogP contribution in [0.4, 0.5) is 16.2 Å². The van der Waals surface area contributed by atoms with Crippen molar-refractivity contribution < 1.29 is 14.4 Å². The zero-order chi connectivity index (χ0) is 24.4. The fourth-order valence-electron chi connectivity index (χ4n) is 5.27. The number of anilines is 2. The standard InChI is InChI=1S/C26H40N4O3/c1-7-25(5,6)19-13-15-26(16-14-19)23(32)30(24(33)28-26)17-22(31)27-20-9-11-21(12-10-20)29(8-2)18(3)4/h9-12,18-19H,7-8,13-17H2,1-6H3,(H,27,31)(H,28,33). The molecule has 2 aliphatic rings. The Labute approximate surface area is 198 Å². The van der Waals surface area contributed by atoms with Crippen molar-refractivity contribution in [3.8, 4) is 0 Å². The topological polar surface area (TPSA) is 81.8 Å². The predicted molar refractivity (Wildman–Crippen MR) is 132 cm³/mol. The van der Waals surface area contributed by atoms with Crippen molar-refractivity contribution in [2.75, 3.05) is 23.3 Å². The first-order valence-electron chi connectivity index (χ1n) is 12.3. The van der Waals surface area contributed by atoms with E-state index in [9.17, 15) is 14.4 Å². The van der Waals surface area contributed by atoms with Gasteiger partial charge in [-0.1, -0.05) is 27.2 Å². The van der Waals surface area contributed by atoms with Crippen LogP contribution in [0.5, 0.6) is 0 Å². The maximum absolute atomic E-state index is 13.2. The molecule has 4 amide bonds. The highest BCUT2D eigenvalue weighted by Crippen LogP contribution is 2.45. The van der Waals surface area contributed by atoms with Crippen molar-refractivity contribution >= 4 is 29.2 Å². The molecule has 1 spiro atoms. The van der Waals surface area contributed by atoms with Gasteiger partial charge in [-0.25, -0.2) is 4.79 Å². The lowest BCUT2D eigenvalue weighted by Crippen LogP contribution is -2.51.